The standard InChI is InChI=1S/C13H13F3N6O3S/c1-25-20-9(7-5-26-12(17)19-7)10(23)18-6-4-21-3-2-8(13(14,15)16)22(21)11(6)24/h2,5-6H,3-4H2,1H3,(H2,17,19)(H,18,23)/b20-9-. The molecule has 9 nitrogen and oxygen atoms in total. The number of oxime groups is 1. The highest BCUT2D eigenvalue weighted by Crippen LogP contribution is 2.35. The maximum atomic E-state index is 13.0. The zero-order chi connectivity index (χ0) is 19.1. The predicted octanol–water partition coefficient (Wildman–Crippen LogP) is 0.0796. The van der Waals surface area contributed by atoms with Crippen molar-refractivity contribution >= 4 is 34.0 Å². The Morgan fingerprint density at radius 3 is 2.85 bits per heavy atom. The number of alkyl halides is 3. The lowest BCUT2D eigenvalue weighted by Crippen LogP contribution is -2.46. The smallest absolute Gasteiger partial charge is 0.398 e. The molecule has 1 aromatic heterocycles. The van der Waals surface area contributed by atoms with Gasteiger partial charge >= 0.3 is 6.18 Å². The monoisotopic (exact) mass is 390 g/mol. The van der Waals surface area contributed by atoms with Crippen LogP contribution in [0.2, 0.25) is 0 Å². The molecule has 1 atom stereocenters. The Bertz CT molecular complexity index is 805. The molecule has 0 spiro atoms. The molecule has 0 aromatic carbocycles. The number of nitrogens with zero attached hydrogens (tertiary/aromatic N) is 4. The van der Waals surface area contributed by atoms with Crippen LogP contribution in [-0.4, -0.2) is 64.9 Å². The molecule has 3 heterocycles. The van der Waals surface area contributed by atoms with E-state index in [4.69, 9.17) is 5.73 Å². The number of thiazole rings is 1. The second kappa shape index (κ2) is 6.57. The largest absolute Gasteiger partial charge is 0.432 e. The first-order valence-electron chi connectivity index (χ1n) is 7.22. The number of allylic oxidation sites excluding steroid dienone is 1. The van der Waals surface area contributed by atoms with Crippen LogP contribution in [0.25, 0.3) is 0 Å². The van der Waals surface area contributed by atoms with Gasteiger partial charge in [0.15, 0.2) is 10.8 Å². The zero-order valence-electron chi connectivity index (χ0n) is 13.3. The maximum absolute atomic E-state index is 13.0. The molecule has 1 unspecified atom stereocenters. The van der Waals surface area contributed by atoms with Crippen LogP contribution in [-0.2, 0) is 14.4 Å². The predicted molar refractivity (Wildman–Crippen MR) is 84.6 cm³/mol. The number of nitrogens with one attached hydrogen (secondary N) is 1. The average molecular weight is 390 g/mol. The van der Waals surface area contributed by atoms with Gasteiger partial charge in [0.25, 0.3) is 11.8 Å². The van der Waals surface area contributed by atoms with Crippen LogP contribution >= 0.6 is 11.3 Å². The third-order valence-corrected chi connectivity index (χ3v) is 4.34. The SMILES string of the molecule is CO/N=C(\C(=O)NC1CN2CC=C(C(F)(F)F)N2C1=O)c1csc(N)n1. The number of halogens is 3. The first kappa shape index (κ1) is 18.1. The van der Waals surface area contributed by atoms with Gasteiger partial charge in [-0.1, -0.05) is 5.16 Å². The van der Waals surface area contributed by atoms with Gasteiger partial charge in [-0.3, -0.25) is 9.59 Å². The van der Waals surface area contributed by atoms with E-state index in [0.717, 1.165) is 17.4 Å². The lowest BCUT2D eigenvalue weighted by Gasteiger charge is -2.23. The summed E-state index contributed by atoms with van der Waals surface area (Å²) >= 11 is 1.07. The van der Waals surface area contributed by atoms with E-state index >= 15 is 0 Å². The van der Waals surface area contributed by atoms with Crippen LogP contribution in [0.5, 0.6) is 0 Å². The molecule has 3 rings (SSSR count). The molecule has 0 radical (unpaired) electrons. The Hall–Kier alpha value is -2.67. The molecule has 140 valence electrons. The molecule has 3 N–H and O–H groups in total. The molecule has 1 fully saturated rings. The van der Waals surface area contributed by atoms with Crippen molar-refractivity contribution in [1.29, 1.82) is 0 Å². The van der Waals surface area contributed by atoms with Gasteiger partial charge in [0.05, 0.1) is 0 Å². The van der Waals surface area contributed by atoms with Gasteiger partial charge in [0.1, 0.15) is 24.5 Å². The molecule has 0 aliphatic carbocycles. The number of hydrogen-bond donors (Lipinski definition) is 2. The Balaban J connectivity index is 1.75. The van der Waals surface area contributed by atoms with E-state index in [1.165, 1.54) is 17.5 Å². The third-order valence-electron chi connectivity index (χ3n) is 3.66. The third kappa shape index (κ3) is 3.22. The van der Waals surface area contributed by atoms with E-state index < -0.39 is 29.7 Å². The summed E-state index contributed by atoms with van der Waals surface area (Å²) in [6.07, 6.45) is -3.74. The zero-order valence-corrected chi connectivity index (χ0v) is 14.1. The fourth-order valence-electron chi connectivity index (χ4n) is 2.63. The van der Waals surface area contributed by atoms with E-state index in [-0.39, 0.29) is 29.6 Å². The summed E-state index contributed by atoms with van der Waals surface area (Å²) in [5.74, 6) is -1.69. The summed E-state index contributed by atoms with van der Waals surface area (Å²) < 4.78 is 39.0. The van der Waals surface area contributed by atoms with Crippen molar-refractivity contribution in [2.75, 3.05) is 25.9 Å². The molecule has 0 saturated carbocycles. The molecule has 26 heavy (non-hydrogen) atoms. The molecule has 1 saturated heterocycles. The van der Waals surface area contributed by atoms with Crippen LogP contribution in [0.1, 0.15) is 5.69 Å². The van der Waals surface area contributed by atoms with E-state index in [1.807, 2.05) is 0 Å². The molecular formula is C13H13F3N6O3S. The van der Waals surface area contributed by atoms with Crippen molar-refractivity contribution < 1.29 is 27.6 Å². The lowest BCUT2D eigenvalue weighted by atomic mass is 10.2. The molecule has 1 aromatic rings. The Morgan fingerprint density at radius 2 is 2.27 bits per heavy atom. The molecule has 13 heteroatoms. The van der Waals surface area contributed by atoms with Crippen LogP contribution in [0, 0.1) is 0 Å². The number of amides is 2. The number of fused-ring (bicyclic) bond motifs is 1. The topological polar surface area (TPSA) is 113 Å². The number of hydrazine groups is 1. The van der Waals surface area contributed by atoms with E-state index in [9.17, 15) is 22.8 Å². The molecular weight excluding hydrogens is 377 g/mol. The summed E-state index contributed by atoms with van der Waals surface area (Å²) in [6, 6.07) is -1.16. The second-order valence-electron chi connectivity index (χ2n) is 5.33. The Kier molecular flexibility index (Phi) is 4.58. The normalized spacial score (nSPS) is 21.0. The maximum Gasteiger partial charge on any atom is 0.432 e. The molecule has 2 aliphatic heterocycles. The van der Waals surface area contributed by atoms with Crippen molar-refractivity contribution in [3.8, 4) is 0 Å². The fourth-order valence-corrected chi connectivity index (χ4v) is 3.17. The van der Waals surface area contributed by atoms with Gasteiger partial charge in [0.2, 0.25) is 0 Å². The molecule has 2 aliphatic rings. The Morgan fingerprint density at radius 1 is 1.54 bits per heavy atom. The number of anilines is 1. The van der Waals surface area contributed by atoms with Gasteiger partial charge in [0, 0.05) is 18.5 Å². The number of rotatable bonds is 4. The minimum Gasteiger partial charge on any atom is -0.398 e. The Labute approximate surface area is 148 Å². The van der Waals surface area contributed by atoms with Crippen LogP contribution in [0.3, 0.4) is 0 Å². The van der Waals surface area contributed by atoms with Crippen molar-refractivity contribution in [3.05, 3.63) is 22.8 Å². The van der Waals surface area contributed by atoms with E-state index in [0.29, 0.717) is 5.01 Å². The fraction of sp³-hybridized carbons (Fsp3) is 0.385. The second-order valence-corrected chi connectivity index (χ2v) is 6.22. The number of hydrogen-bond acceptors (Lipinski definition) is 8. The minimum absolute atomic E-state index is 0.0748. The highest BCUT2D eigenvalue weighted by Gasteiger charge is 2.51. The molecule has 0 bridgehead atoms. The van der Waals surface area contributed by atoms with Crippen molar-refractivity contribution in [3.63, 3.8) is 0 Å². The number of nitrogens with two attached hydrogens (primary N) is 1. The van der Waals surface area contributed by atoms with Crippen LogP contribution < -0.4 is 11.1 Å². The molecule has 2 amide bonds. The summed E-state index contributed by atoms with van der Waals surface area (Å²) in [7, 11) is 1.21. The van der Waals surface area contributed by atoms with Crippen LogP contribution in [0.4, 0.5) is 18.3 Å². The van der Waals surface area contributed by atoms with Gasteiger partial charge < -0.3 is 15.9 Å². The highest BCUT2D eigenvalue weighted by atomic mass is 32.1. The number of carbonyl (C=O) groups is 2. The van der Waals surface area contributed by atoms with Gasteiger partial charge in [-0.15, -0.1) is 11.3 Å². The highest BCUT2D eigenvalue weighted by molar-refractivity contribution is 7.13. The first-order valence-corrected chi connectivity index (χ1v) is 8.10. The average Bonchev–Trinajstić information content (AvgIpc) is 3.22. The van der Waals surface area contributed by atoms with E-state index in [1.54, 1.807) is 0 Å². The number of carbonyl (C=O) groups excluding carboxylic acids is 2. The van der Waals surface area contributed by atoms with Crippen LogP contribution in [0.15, 0.2) is 22.3 Å². The van der Waals surface area contributed by atoms with Gasteiger partial charge in [-0.25, -0.2) is 15.0 Å². The van der Waals surface area contributed by atoms with Crippen molar-refractivity contribution in [1.82, 2.24) is 20.3 Å². The van der Waals surface area contributed by atoms with Crippen molar-refractivity contribution in [2.24, 2.45) is 5.16 Å². The minimum atomic E-state index is -4.66. The van der Waals surface area contributed by atoms with E-state index in [2.05, 4.69) is 20.3 Å². The summed E-state index contributed by atoms with van der Waals surface area (Å²) in [4.78, 5) is 33.3. The summed E-state index contributed by atoms with van der Waals surface area (Å²) in [5.41, 5.74) is 4.36. The lowest BCUT2D eigenvalue weighted by molar-refractivity contribution is -0.150. The summed E-state index contributed by atoms with van der Waals surface area (Å²) in [6.45, 7) is -0.172. The van der Waals surface area contributed by atoms with Crippen molar-refractivity contribution in [2.45, 2.75) is 12.2 Å². The quantitative estimate of drug-likeness (QED) is 0.556. The number of nitrogen functional groups attached to an aromatic ring is 1. The number of aromatic nitrogens is 1. The van der Waals surface area contributed by atoms with Gasteiger partial charge in [-0.05, 0) is 6.08 Å². The van der Waals surface area contributed by atoms with Gasteiger partial charge in [-0.2, -0.15) is 13.2 Å². The summed E-state index contributed by atoms with van der Waals surface area (Å²) in [5, 5.41) is 9.33. The first-order chi connectivity index (χ1) is 12.2.